The molecular formula is C12H19ClN4. The fraction of sp³-hybridized carbons (Fsp3) is 0.667. The molecule has 0 saturated heterocycles. The van der Waals surface area contributed by atoms with Crippen molar-refractivity contribution in [3.63, 3.8) is 0 Å². The first-order chi connectivity index (χ1) is 7.93. The first-order valence-electron chi connectivity index (χ1n) is 5.83. The zero-order valence-corrected chi connectivity index (χ0v) is 11.4. The Morgan fingerprint density at radius 1 is 1.53 bits per heavy atom. The molecule has 17 heavy (non-hydrogen) atoms. The first-order valence-corrected chi connectivity index (χ1v) is 6.21. The maximum atomic E-state index is 8.97. The van der Waals surface area contributed by atoms with Crippen LogP contribution < -0.4 is 5.73 Å². The molecule has 1 rings (SSSR count). The van der Waals surface area contributed by atoms with E-state index in [0.29, 0.717) is 12.8 Å². The molecule has 0 radical (unpaired) electrons. The van der Waals surface area contributed by atoms with Crippen molar-refractivity contribution in [2.24, 2.45) is 5.73 Å². The Balaban J connectivity index is 2.58. The van der Waals surface area contributed by atoms with Crippen LogP contribution in [0.25, 0.3) is 0 Å². The number of hydrogen-bond donors (Lipinski definition) is 1. The topological polar surface area (TPSA) is 67.6 Å². The van der Waals surface area contributed by atoms with E-state index < -0.39 is 5.54 Å². The van der Waals surface area contributed by atoms with Crippen molar-refractivity contribution in [2.75, 3.05) is 0 Å². The summed E-state index contributed by atoms with van der Waals surface area (Å²) in [6, 6.07) is 2.17. The van der Waals surface area contributed by atoms with Crippen molar-refractivity contribution < 1.29 is 0 Å². The van der Waals surface area contributed by atoms with E-state index >= 15 is 0 Å². The third kappa shape index (κ3) is 3.21. The molecule has 1 heterocycles. The predicted octanol–water partition coefficient (Wildman–Crippen LogP) is 2.56. The van der Waals surface area contributed by atoms with E-state index in [-0.39, 0.29) is 0 Å². The molecule has 2 N–H and O–H groups in total. The Hall–Kier alpha value is -1.05. The molecular weight excluding hydrogens is 236 g/mol. The summed E-state index contributed by atoms with van der Waals surface area (Å²) in [7, 11) is 0. The lowest BCUT2D eigenvalue weighted by Crippen LogP contribution is -2.37. The number of nitrogens with two attached hydrogens (primary N) is 1. The van der Waals surface area contributed by atoms with E-state index in [1.54, 1.807) is 0 Å². The molecule has 0 aromatic carbocycles. The van der Waals surface area contributed by atoms with Gasteiger partial charge in [0.15, 0.2) is 0 Å². The van der Waals surface area contributed by atoms with Crippen molar-refractivity contribution in [3.05, 3.63) is 16.4 Å². The lowest BCUT2D eigenvalue weighted by molar-refractivity contribution is 0.431. The zero-order valence-electron chi connectivity index (χ0n) is 10.6. The van der Waals surface area contributed by atoms with E-state index in [0.717, 1.165) is 29.4 Å². The van der Waals surface area contributed by atoms with Gasteiger partial charge in [0.05, 0.1) is 22.5 Å². The van der Waals surface area contributed by atoms with E-state index in [2.05, 4.69) is 11.2 Å². The van der Waals surface area contributed by atoms with Crippen molar-refractivity contribution in [1.82, 2.24) is 9.78 Å². The fourth-order valence-electron chi connectivity index (χ4n) is 1.75. The Morgan fingerprint density at radius 2 is 2.18 bits per heavy atom. The van der Waals surface area contributed by atoms with Gasteiger partial charge in [0.25, 0.3) is 0 Å². The summed E-state index contributed by atoms with van der Waals surface area (Å²) < 4.78 is 1.88. The Morgan fingerprint density at radius 3 is 2.59 bits per heavy atom. The van der Waals surface area contributed by atoms with Gasteiger partial charge in [-0.3, -0.25) is 4.68 Å². The number of nitriles is 1. The summed E-state index contributed by atoms with van der Waals surface area (Å²) in [5, 5.41) is 14.0. The van der Waals surface area contributed by atoms with Gasteiger partial charge in [0.2, 0.25) is 0 Å². The number of hydrogen-bond acceptors (Lipinski definition) is 3. The molecule has 0 saturated carbocycles. The van der Waals surface area contributed by atoms with Crippen LogP contribution in [0.15, 0.2) is 0 Å². The summed E-state index contributed by atoms with van der Waals surface area (Å²) in [6.07, 6.45) is 2.17. The second kappa shape index (κ2) is 5.52. The molecule has 1 aromatic rings. The van der Waals surface area contributed by atoms with Gasteiger partial charge < -0.3 is 5.73 Å². The average molecular weight is 255 g/mol. The Kier molecular flexibility index (Phi) is 4.55. The van der Waals surface area contributed by atoms with Crippen LogP contribution >= 0.6 is 11.6 Å². The summed E-state index contributed by atoms with van der Waals surface area (Å²) in [6.45, 7) is 6.52. The van der Waals surface area contributed by atoms with Gasteiger partial charge in [-0.05, 0) is 33.1 Å². The highest BCUT2D eigenvalue weighted by molar-refractivity contribution is 6.31. The molecule has 0 fully saturated rings. The molecule has 0 bridgehead atoms. The zero-order chi connectivity index (χ0) is 13.1. The molecule has 4 nitrogen and oxygen atoms in total. The second-order valence-electron chi connectivity index (χ2n) is 4.43. The minimum Gasteiger partial charge on any atom is -0.313 e. The molecule has 0 amide bonds. The highest BCUT2D eigenvalue weighted by Crippen LogP contribution is 2.20. The summed E-state index contributed by atoms with van der Waals surface area (Å²) in [5.41, 5.74) is 7.03. The quantitative estimate of drug-likeness (QED) is 0.878. The summed E-state index contributed by atoms with van der Waals surface area (Å²) in [5.74, 6) is 0. The van der Waals surface area contributed by atoms with Crippen LogP contribution in [0.2, 0.25) is 5.02 Å². The normalized spacial score (nSPS) is 14.4. The largest absolute Gasteiger partial charge is 0.313 e. The van der Waals surface area contributed by atoms with Crippen molar-refractivity contribution >= 4 is 11.6 Å². The van der Waals surface area contributed by atoms with Crippen LogP contribution in [0.3, 0.4) is 0 Å². The summed E-state index contributed by atoms with van der Waals surface area (Å²) >= 11 is 6.06. The SMILES string of the molecule is CCC(N)(C#N)CCCn1nc(C)c(Cl)c1C. The van der Waals surface area contributed by atoms with Gasteiger partial charge in [-0.2, -0.15) is 10.4 Å². The van der Waals surface area contributed by atoms with Gasteiger partial charge in [-0.25, -0.2) is 0 Å². The third-order valence-corrected chi connectivity index (χ3v) is 3.69. The smallest absolute Gasteiger partial charge is 0.104 e. The lowest BCUT2D eigenvalue weighted by atomic mass is 9.93. The van der Waals surface area contributed by atoms with E-state index in [1.807, 2.05) is 25.5 Å². The highest BCUT2D eigenvalue weighted by atomic mass is 35.5. The average Bonchev–Trinajstić information content (AvgIpc) is 2.57. The van der Waals surface area contributed by atoms with Crippen LogP contribution in [0.5, 0.6) is 0 Å². The highest BCUT2D eigenvalue weighted by Gasteiger charge is 2.21. The van der Waals surface area contributed by atoms with E-state index in [1.165, 1.54) is 0 Å². The molecule has 1 unspecified atom stereocenters. The maximum absolute atomic E-state index is 8.97. The van der Waals surface area contributed by atoms with Gasteiger partial charge >= 0.3 is 0 Å². The van der Waals surface area contributed by atoms with Crippen LogP contribution in [0, 0.1) is 25.2 Å². The minimum absolute atomic E-state index is 0.668. The van der Waals surface area contributed by atoms with Crippen molar-refractivity contribution in [2.45, 2.75) is 52.1 Å². The molecule has 0 aliphatic rings. The summed E-state index contributed by atoms with van der Waals surface area (Å²) in [4.78, 5) is 0. The molecule has 5 heteroatoms. The molecule has 1 atom stereocenters. The number of rotatable bonds is 5. The molecule has 94 valence electrons. The molecule has 0 aliphatic heterocycles. The van der Waals surface area contributed by atoms with Gasteiger partial charge in [0, 0.05) is 6.54 Å². The number of aromatic nitrogens is 2. The minimum atomic E-state index is -0.708. The Bertz CT molecular complexity index is 432. The monoisotopic (exact) mass is 254 g/mol. The van der Waals surface area contributed by atoms with Gasteiger partial charge in [-0.15, -0.1) is 0 Å². The number of halogens is 1. The third-order valence-electron chi connectivity index (χ3n) is 3.14. The number of aryl methyl sites for hydroxylation is 2. The Labute approximate surface area is 107 Å². The van der Waals surface area contributed by atoms with E-state index in [9.17, 15) is 0 Å². The van der Waals surface area contributed by atoms with E-state index in [4.69, 9.17) is 22.6 Å². The van der Waals surface area contributed by atoms with Crippen LogP contribution in [-0.2, 0) is 6.54 Å². The molecule has 0 spiro atoms. The number of nitrogens with zero attached hydrogens (tertiary/aromatic N) is 3. The van der Waals surface area contributed by atoms with Crippen molar-refractivity contribution in [3.8, 4) is 6.07 Å². The predicted molar refractivity (Wildman–Crippen MR) is 68.8 cm³/mol. The first kappa shape index (κ1) is 14.0. The van der Waals surface area contributed by atoms with Gasteiger partial charge in [-0.1, -0.05) is 18.5 Å². The lowest BCUT2D eigenvalue weighted by Gasteiger charge is -2.19. The fourth-order valence-corrected chi connectivity index (χ4v) is 1.88. The maximum Gasteiger partial charge on any atom is 0.104 e. The second-order valence-corrected chi connectivity index (χ2v) is 4.81. The van der Waals surface area contributed by atoms with Crippen LogP contribution in [0.1, 0.15) is 37.6 Å². The molecule has 0 aliphatic carbocycles. The van der Waals surface area contributed by atoms with Crippen LogP contribution in [0.4, 0.5) is 0 Å². The van der Waals surface area contributed by atoms with Crippen molar-refractivity contribution in [1.29, 1.82) is 5.26 Å². The molecule has 1 aromatic heterocycles. The van der Waals surface area contributed by atoms with Gasteiger partial charge in [0.1, 0.15) is 5.54 Å². The standard InChI is InChI=1S/C12H19ClN4/c1-4-12(15,8-14)6-5-7-17-10(3)11(13)9(2)16-17/h4-7,15H2,1-3H3. The van der Waals surface area contributed by atoms with Crippen LogP contribution in [-0.4, -0.2) is 15.3 Å².